The smallest absolute Gasteiger partial charge is 0.143 e. The van der Waals surface area contributed by atoms with Gasteiger partial charge in [-0.1, -0.05) is 26.7 Å². The summed E-state index contributed by atoms with van der Waals surface area (Å²) in [5, 5.41) is 0. The summed E-state index contributed by atoms with van der Waals surface area (Å²) in [6.07, 6.45) is 11.9. The average molecular weight is 354 g/mol. The van der Waals surface area contributed by atoms with E-state index in [9.17, 15) is 0 Å². The van der Waals surface area contributed by atoms with E-state index in [0.29, 0.717) is 17.4 Å². The highest BCUT2D eigenvalue weighted by atomic mass is 16.5. The number of nitrogens with zero attached hydrogens (tertiary/aromatic N) is 3. The van der Waals surface area contributed by atoms with Gasteiger partial charge in [0, 0.05) is 23.9 Å². The molecule has 3 atom stereocenters. The Balaban J connectivity index is 1.88. The number of imidazole rings is 1. The number of hydrogen-bond acceptors (Lipinski definition) is 3. The standard InChI is InChI=1S/C22H31N3O/c1-5-6-7-22-8-10-24(3)19(16(22)2)12-17-13-20(25-11-9-23-15-25)21(26-4)14-18(17)22/h9,11,13-16,19H,5-8,10,12H2,1-4H3/t16-,19+,22+/m1/s1. The SMILES string of the molecule is CCCC[C@@]12CCN(C)[C@@H](Cc3cc(-n4ccnc4)c(OC)cc31)[C@H]2C. The molecule has 0 saturated carbocycles. The van der Waals surface area contributed by atoms with Gasteiger partial charge >= 0.3 is 0 Å². The summed E-state index contributed by atoms with van der Waals surface area (Å²) in [7, 11) is 4.08. The van der Waals surface area contributed by atoms with Crippen LogP contribution in [0.4, 0.5) is 0 Å². The van der Waals surface area contributed by atoms with Crippen molar-refractivity contribution in [3.05, 3.63) is 42.0 Å². The Morgan fingerprint density at radius 2 is 2.19 bits per heavy atom. The molecule has 4 heteroatoms. The van der Waals surface area contributed by atoms with Crippen LogP contribution in [0.2, 0.25) is 0 Å². The molecule has 2 bridgehead atoms. The number of aromatic nitrogens is 2. The molecular formula is C22H31N3O. The van der Waals surface area contributed by atoms with E-state index in [-0.39, 0.29) is 0 Å². The summed E-state index contributed by atoms with van der Waals surface area (Å²) in [4.78, 5) is 6.80. The van der Waals surface area contributed by atoms with Crippen LogP contribution in [0.25, 0.3) is 5.69 Å². The lowest BCUT2D eigenvalue weighted by molar-refractivity contribution is 0.0346. The first kappa shape index (κ1) is 17.6. The molecule has 0 radical (unpaired) electrons. The molecule has 1 aliphatic carbocycles. The largest absolute Gasteiger partial charge is 0.495 e. The van der Waals surface area contributed by atoms with Crippen LogP contribution < -0.4 is 4.74 Å². The number of unbranched alkanes of at least 4 members (excludes halogenated alkanes) is 1. The van der Waals surface area contributed by atoms with Crippen LogP contribution in [0.1, 0.15) is 50.7 Å². The Bertz CT molecular complexity index is 766. The molecule has 1 aliphatic heterocycles. The summed E-state index contributed by atoms with van der Waals surface area (Å²) in [5.41, 5.74) is 4.44. The minimum atomic E-state index is 0.293. The van der Waals surface area contributed by atoms with Crippen molar-refractivity contribution in [2.45, 2.75) is 57.4 Å². The van der Waals surface area contributed by atoms with E-state index in [0.717, 1.165) is 17.9 Å². The fraction of sp³-hybridized carbons (Fsp3) is 0.591. The van der Waals surface area contributed by atoms with Crippen molar-refractivity contribution >= 4 is 0 Å². The van der Waals surface area contributed by atoms with Crippen LogP contribution in [0.3, 0.4) is 0 Å². The van der Waals surface area contributed by atoms with Crippen LogP contribution in [-0.2, 0) is 11.8 Å². The van der Waals surface area contributed by atoms with Crippen molar-refractivity contribution in [3.63, 3.8) is 0 Å². The monoisotopic (exact) mass is 353 g/mol. The molecule has 4 rings (SSSR count). The molecule has 1 saturated heterocycles. The molecule has 140 valence electrons. The molecule has 4 nitrogen and oxygen atoms in total. The number of piperidine rings is 1. The van der Waals surface area contributed by atoms with E-state index in [2.05, 4.69) is 47.5 Å². The quantitative estimate of drug-likeness (QED) is 0.807. The van der Waals surface area contributed by atoms with Crippen LogP contribution in [0, 0.1) is 5.92 Å². The lowest BCUT2D eigenvalue weighted by Crippen LogP contribution is -2.57. The second kappa shape index (κ2) is 6.73. The average Bonchev–Trinajstić information content (AvgIpc) is 3.18. The second-order valence-corrected chi connectivity index (χ2v) is 8.20. The number of benzene rings is 1. The fourth-order valence-corrected chi connectivity index (χ4v) is 5.45. The van der Waals surface area contributed by atoms with Crippen LogP contribution in [0.15, 0.2) is 30.9 Å². The first-order valence-electron chi connectivity index (χ1n) is 10.0. The van der Waals surface area contributed by atoms with E-state index >= 15 is 0 Å². The van der Waals surface area contributed by atoms with Gasteiger partial charge in [-0.15, -0.1) is 0 Å². The molecule has 1 fully saturated rings. The van der Waals surface area contributed by atoms with E-state index in [4.69, 9.17) is 4.74 Å². The Hall–Kier alpha value is -1.81. The van der Waals surface area contributed by atoms with Gasteiger partial charge in [0.15, 0.2) is 0 Å². The molecule has 0 spiro atoms. The molecule has 2 aliphatic rings. The minimum absolute atomic E-state index is 0.293. The van der Waals surface area contributed by atoms with Crippen molar-refractivity contribution in [2.75, 3.05) is 20.7 Å². The third-order valence-corrected chi connectivity index (χ3v) is 7.05. The Morgan fingerprint density at radius 3 is 2.88 bits per heavy atom. The molecule has 26 heavy (non-hydrogen) atoms. The number of rotatable bonds is 5. The Kier molecular flexibility index (Phi) is 4.55. The third kappa shape index (κ3) is 2.58. The van der Waals surface area contributed by atoms with Gasteiger partial charge in [-0.2, -0.15) is 0 Å². The van der Waals surface area contributed by atoms with Gasteiger partial charge in [0.25, 0.3) is 0 Å². The summed E-state index contributed by atoms with van der Waals surface area (Å²) in [6.45, 7) is 5.99. The van der Waals surface area contributed by atoms with Crippen molar-refractivity contribution < 1.29 is 4.74 Å². The van der Waals surface area contributed by atoms with Crippen molar-refractivity contribution in [2.24, 2.45) is 5.92 Å². The summed E-state index contributed by atoms with van der Waals surface area (Å²) < 4.78 is 7.88. The first-order chi connectivity index (χ1) is 12.6. The van der Waals surface area contributed by atoms with E-state index in [1.807, 2.05) is 18.7 Å². The normalized spacial score (nSPS) is 28.0. The highest BCUT2D eigenvalue weighted by Gasteiger charge is 2.50. The number of hydrogen-bond donors (Lipinski definition) is 0. The number of fused-ring (bicyclic) bond motifs is 4. The predicted octanol–water partition coefficient (Wildman–Crippen LogP) is 4.21. The van der Waals surface area contributed by atoms with Crippen LogP contribution in [-0.4, -0.2) is 41.2 Å². The van der Waals surface area contributed by atoms with Crippen LogP contribution in [0.5, 0.6) is 5.75 Å². The van der Waals surface area contributed by atoms with Crippen LogP contribution >= 0.6 is 0 Å². The zero-order chi connectivity index (χ0) is 18.3. The van der Waals surface area contributed by atoms with Crippen molar-refractivity contribution in [1.82, 2.24) is 14.5 Å². The summed E-state index contributed by atoms with van der Waals surface area (Å²) in [5.74, 6) is 1.64. The van der Waals surface area contributed by atoms with Gasteiger partial charge < -0.3 is 14.2 Å². The van der Waals surface area contributed by atoms with Gasteiger partial charge in [0.1, 0.15) is 5.75 Å². The van der Waals surface area contributed by atoms with E-state index in [1.165, 1.54) is 37.8 Å². The lowest BCUT2D eigenvalue weighted by atomic mass is 9.56. The molecule has 1 aromatic carbocycles. The molecule has 1 aromatic heterocycles. The Labute approximate surface area is 157 Å². The van der Waals surface area contributed by atoms with E-state index in [1.54, 1.807) is 12.7 Å². The van der Waals surface area contributed by atoms with Gasteiger partial charge in [-0.25, -0.2) is 4.98 Å². The summed E-state index contributed by atoms with van der Waals surface area (Å²) >= 11 is 0. The van der Waals surface area contributed by atoms with Gasteiger partial charge in [-0.3, -0.25) is 0 Å². The predicted molar refractivity (Wildman–Crippen MR) is 105 cm³/mol. The number of likely N-dealkylation sites (N-methyl/N-ethyl adjacent to an activating group) is 1. The molecule has 2 aromatic rings. The summed E-state index contributed by atoms with van der Waals surface area (Å²) in [6, 6.07) is 5.34. The molecule has 0 unspecified atom stereocenters. The van der Waals surface area contributed by atoms with E-state index < -0.39 is 0 Å². The number of likely N-dealkylation sites (tertiary alicyclic amines) is 1. The second-order valence-electron chi connectivity index (χ2n) is 8.20. The molecule has 0 N–H and O–H groups in total. The lowest BCUT2D eigenvalue weighted by Gasteiger charge is -2.55. The number of ether oxygens (including phenoxy) is 1. The number of methoxy groups -OCH3 is 1. The van der Waals surface area contributed by atoms with Gasteiger partial charge in [0.2, 0.25) is 0 Å². The molecular weight excluding hydrogens is 322 g/mol. The highest BCUT2D eigenvalue weighted by molar-refractivity contribution is 5.56. The fourth-order valence-electron chi connectivity index (χ4n) is 5.45. The van der Waals surface area contributed by atoms with Crippen molar-refractivity contribution in [3.8, 4) is 11.4 Å². The molecule has 0 amide bonds. The zero-order valence-corrected chi connectivity index (χ0v) is 16.5. The van der Waals surface area contributed by atoms with Crippen molar-refractivity contribution in [1.29, 1.82) is 0 Å². The maximum atomic E-state index is 5.82. The topological polar surface area (TPSA) is 30.3 Å². The third-order valence-electron chi connectivity index (χ3n) is 7.05. The minimum Gasteiger partial charge on any atom is -0.495 e. The highest BCUT2D eigenvalue weighted by Crippen LogP contribution is 2.52. The first-order valence-corrected chi connectivity index (χ1v) is 10.0. The molecule has 2 heterocycles. The van der Waals surface area contributed by atoms with Gasteiger partial charge in [-0.05, 0) is 62.0 Å². The van der Waals surface area contributed by atoms with Gasteiger partial charge in [0.05, 0.1) is 19.1 Å². The Morgan fingerprint density at radius 1 is 1.35 bits per heavy atom. The maximum Gasteiger partial charge on any atom is 0.143 e. The zero-order valence-electron chi connectivity index (χ0n) is 16.5. The maximum absolute atomic E-state index is 5.82.